The number of piperidine rings is 1. The molecule has 0 amide bonds. The summed E-state index contributed by atoms with van der Waals surface area (Å²) in [6, 6.07) is 0.867. The summed E-state index contributed by atoms with van der Waals surface area (Å²) >= 11 is 0. The predicted molar refractivity (Wildman–Crippen MR) is 52.1 cm³/mol. The van der Waals surface area contributed by atoms with Crippen molar-refractivity contribution in [3.8, 4) is 0 Å². The molecule has 3 atom stereocenters. The van der Waals surface area contributed by atoms with Gasteiger partial charge in [0.2, 0.25) is 0 Å². The van der Waals surface area contributed by atoms with Gasteiger partial charge in [-0.1, -0.05) is 20.8 Å². The molecule has 3 fully saturated rings. The normalized spacial score (nSPS) is 46.0. The molecule has 1 N–H and O–H groups in total. The van der Waals surface area contributed by atoms with Gasteiger partial charge in [-0.15, -0.1) is 0 Å². The summed E-state index contributed by atoms with van der Waals surface area (Å²) in [7, 11) is 0. The minimum absolute atomic E-state index is 0.567. The summed E-state index contributed by atoms with van der Waals surface area (Å²) in [5.41, 5.74) is 0.567. The van der Waals surface area contributed by atoms with Gasteiger partial charge >= 0.3 is 0 Å². The molecule has 0 aromatic rings. The maximum atomic E-state index is 3.73. The van der Waals surface area contributed by atoms with Crippen molar-refractivity contribution in [3.63, 3.8) is 0 Å². The van der Waals surface area contributed by atoms with Crippen molar-refractivity contribution in [3.05, 3.63) is 0 Å². The van der Waals surface area contributed by atoms with Crippen LogP contribution in [0.5, 0.6) is 0 Å². The second-order valence-electron chi connectivity index (χ2n) is 5.12. The minimum Gasteiger partial charge on any atom is -0.308 e. The van der Waals surface area contributed by atoms with Crippen LogP contribution in [-0.4, -0.2) is 11.6 Å². The Morgan fingerprint density at radius 3 is 2.58 bits per heavy atom. The molecule has 1 saturated carbocycles. The molecular weight excluding hydrogens is 146 g/mol. The fraction of sp³-hybridized carbons (Fsp3) is 1.00. The lowest BCUT2D eigenvalue weighted by Gasteiger charge is -2.57. The molecule has 0 aromatic carbocycles. The highest BCUT2D eigenvalue weighted by atomic mass is 15.1. The van der Waals surface area contributed by atoms with Crippen molar-refractivity contribution in [2.45, 2.75) is 58.0 Å². The summed E-state index contributed by atoms with van der Waals surface area (Å²) < 4.78 is 0. The Balaban J connectivity index is 1.99. The Morgan fingerprint density at radius 1 is 1.42 bits per heavy atom. The molecule has 1 nitrogen and oxygen atoms in total. The van der Waals surface area contributed by atoms with Gasteiger partial charge in [0, 0.05) is 11.6 Å². The average Bonchev–Trinajstić information content (AvgIpc) is 2.03. The largest absolute Gasteiger partial charge is 0.308 e. The molecule has 1 aliphatic carbocycles. The fourth-order valence-corrected chi connectivity index (χ4v) is 3.02. The standard InChI is InChI=1S/C11H21N/c1-4-11-6-9(8(2)3)5-10(7-11)12-11/h8-10,12H,4-7H2,1-3H3. The second kappa shape index (κ2) is 2.73. The molecule has 0 spiro atoms. The van der Waals surface area contributed by atoms with E-state index in [2.05, 4.69) is 26.1 Å². The zero-order valence-corrected chi connectivity index (χ0v) is 8.56. The quantitative estimate of drug-likeness (QED) is 0.666. The summed E-state index contributed by atoms with van der Waals surface area (Å²) in [4.78, 5) is 0. The van der Waals surface area contributed by atoms with Gasteiger partial charge in [0.1, 0.15) is 0 Å². The highest BCUT2D eigenvalue weighted by Gasteiger charge is 2.48. The van der Waals surface area contributed by atoms with Crippen LogP contribution in [0.2, 0.25) is 0 Å². The molecule has 2 heterocycles. The van der Waals surface area contributed by atoms with E-state index in [-0.39, 0.29) is 0 Å². The van der Waals surface area contributed by atoms with Gasteiger partial charge in [0.25, 0.3) is 0 Å². The molecule has 70 valence electrons. The molecule has 3 aliphatic rings. The first-order chi connectivity index (χ1) is 5.65. The third-order valence-corrected chi connectivity index (χ3v) is 4.01. The molecule has 3 rings (SSSR count). The van der Waals surface area contributed by atoms with Gasteiger partial charge in [-0.05, 0) is 37.5 Å². The smallest absolute Gasteiger partial charge is 0.0199 e. The molecule has 3 unspecified atom stereocenters. The summed E-state index contributed by atoms with van der Waals surface area (Å²) in [5, 5.41) is 3.73. The van der Waals surface area contributed by atoms with E-state index in [4.69, 9.17) is 0 Å². The third kappa shape index (κ3) is 1.19. The van der Waals surface area contributed by atoms with E-state index in [1.807, 2.05) is 0 Å². The molecule has 1 heteroatoms. The van der Waals surface area contributed by atoms with Crippen molar-refractivity contribution in [1.82, 2.24) is 5.32 Å². The first-order valence-electron chi connectivity index (χ1n) is 5.43. The van der Waals surface area contributed by atoms with Gasteiger partial charge in [-0.3, -0.25) is 0 Å². The minimum atomic E-state index is 0.567. The Hall–Kier alpha value is -0.0400. The lowest BCUT2D eigenvalue weighted by Crippen LogP contribution is -2.68. The summed E-state index contributed by atoms with van der Waals surface area (Å²) in [5.74, 6) is 1.88. The van der Waals surface area contributed by atoms with Crippen LogP contribution in [0.15, 0.2) is 0 Å². The van der Waals surface area contributed by atoms with Crippen molar-refractivity contribution in [2.75, 3.05) is 0 Å². The summed E-state index contributed by atoms with van der Waals surface area (Å²) in [6.45, 7) is 7.07. The van der Waals surface area contributed by atoms with Crippen LogP contribution in [0.3, 0.4) is 0 Å². The first kappa shape index (κ1) is 8.55. The highest BCUT2D eigenvalue weighted by molar-refractivity contribution is 5.08. The predicted octanol–water partition coefficient (Wildman–Crippen LogP) is 2.56. The van der Waals surface area contributed by atoms with Crippen molar-refractivity contribution >= 4 is 0 Å². The molecular formula is C11H21N. The maximum absolute atomic E-state index is 3.73. The third-order valence-electron chi connectivity index (χ3n) is 4.01. The Labute approximate surface area is 75.9 Å². The van der Waals surface area contributed by atoms with Crippen molar-refractivity contribution in [2.24, 2.45) is 11.8 Å². The summed E-state index contributed by atoms with van der Waals surface area (Å²) in [6.07, 6.45) is 5.64. The highest BCUT2D eigenvalue weighted by Crippen LogP contribution is 2.45. The van der Waals surface area contributed by atoms with Gasteiger partial charge < -0.3 is 5.32 Å². The van der Waals surface area contributed by atoms with E-state index in [1.165, 1.54) is 25.7 Å². The van der Waals surface area contributed by atoms with E-state index >= 15 is 0 Å². The van der Waals surface area contributed by atoms with Crippen molar-refractivity contribution in [1.29, 1.82) is 0 Å². The monoisotopic (exact) mass is 167 g/mol. The van der Waals surface area contributed by atoms with Gasteiger partial charge in [-0.2, -0.15) is 0 Å². The molecule has 12 heavy (non-hydrogen) atoms. The molecule has 0 radical (unpaired) electrons. The van der Waals surface area contributed by atoms with Crippen LogP contribution in [0, 0.1) is 11.8 Å². The SMILES string of the molecule is CCC12CC(CC(C(C)C)C1)N2. The maximum Gasteiger partial charge on any atom is 0.0199 e. The van der Waals surface area contributed by atoms with E-state index in [1.54, 1.807) is 0 Å². The van der Waals surface area contributed by atoms with Gasteiger partial charge in [-0.25, -0.2) is 0 Å². The number of rotatable bonds is 2. The topological polar surface area (TPSA) is 12.0 Å². The Kier molecular flexibility index (Phi) is 1.95. The molecule has 2 aliphatic heterocycles. The molecule has 0 aromatic heterocycles. The number of hydrogen-bond acceptors (Lipinski definition) is 1. The second-order valence-corrected chi connectivity index (χ2v) is 5.12. The zero-order valence-electron chi connectivity index (χ0n) is 8.56. The van der Waals surface area contributed by atoms with E-state index < -0.39 is 0 Å². The van der Waals surface area contributed by atoms with E-state index in [0.29, 0.717) is 5.54 Å². The van der Waals surface area contributed by atoms with Crippen LogP contribution in [0.4, 0.5) is 0 Å². The lowest BCUT2D eigenvalue weighted by molar-refractivity contribution is 0.0136. The first-order valence-corrected chi connectivity index (χ1v) is 5.43. The van der Waals surface area contributed by atoms with Gasteiger partial charge in [0.15, 0.2) is 0 Å². The van der Waals surface area contributed by atoms with Crippen LogP contribution in [0.1, 0.15) is 46.5 Å². The van der Waals surface area contributed by atoms with Crippen molar-refractivity contribution < 1.29 is 0 Å². The van der Waals surface area contributed by atoms with Crippen LogP contribution < -0.4 is 5.32 Å². The molecule has 2 saturated heterocycles. The van der Waals surface area contributed by atoms with Crippen LogP contribution in [0.25, 0.3) is 0 Å². The zero-order chi connectivity index (χ0) is 8.77. The Morgan fingerprint density at radius 2 is 2.08 bits per heavy atom. The Bertz CT molecular complexity index is 168. The lowest BCUT2D eigenvalue weighted by atomic mass is 9.62. The van der Waals surface area contributed by atoms with E-state index in [9.17, 15) is 0 Å². The number of fused-ring (bicyclic) bond motifs is 2. The average molecular weight is 167 g/mol. The van der Waals surface area contributed by atoms with E-state index in [0.717, 1.165) is 17.9 Å². The fourth-order valence-electron chi connectivity index (χ4n) is 3.02. The van der Waals surface area contributed by atoms with Crippen LogP contribution >= 0.6 is 0 Å². The van der Waals surface area contributed by atoms with Crippen LogP contribution in [-0.2, 0) is 0 Å². The molecule has 2 bridgehead atoms. The number of hydrogen-bond donors (Lipinski definition) is 1. The number of nitrogens with one attached hydrogen (secondary N) is 1. The van der Waals surface area contributed by atoms with Gasteiger partial charge in [0.05, 0.1) is 0 Å².